The maximum Gasteiger partial charge on any atom is 0.262 e. The highest BCUT2D eigenvalue weighted by molar-refractivity contribution is 5.66. The molecule has 1 aromatic heterocycles. The highest BCUT2D eigenvalue weighted by Gasteiger charge is 2.15. The lowest BCUT2D eigenvalue weighted by Gasteiger charge is -2.02. The van der Waals surface area contributed by atoms with Gasteiger partial charge in [-0.1, -0.05) is 5.16 Å². The van der Waals surface area contributed by atoms with Gasteiger partial charge in [0.15, 0.2) is 0 Å². The molecule has 3 rings (SSSR count). The van der Waals surface area contributed by atoms with Crippen molar-refractivity contribution in [3.05, 3.63) is 48.3 Å². The van der Waals surface area contributed by atoms with E-state index < -0.39 is 0 Å². The average Bonchev–Trinajstić information content (AvgIpc) is 2.98. The summed E-state index contributed by atoms with van der Waals surface area (Å²) >= 11 is 0. The van der Waals surface area contributed by atoms with E-state index in [1.165, 1.54) is 25.3 Å². The van der Waals surface area contributed by atoms with Gasteiger partial charge in [0.25, 0.3) is 5.89 Å². The molecule has 0 bridgehead atoms. The molecule has 0 aliphatic carbocycles. The average molecular weight is 286 g/mol. The standard InChI is InChI=1S/C15H11FN2O3/c1-20-11-6-7-13(19)12(8-11)15-17-14(18-21-15)9-2-4-10(16)5-3-9/h2-8,19H,1H3. The van der Waals surface area contributed by atoms with Crippen LogP contribution >= 0.6 is 0 Å². The van der Waals surface area contributed by atoms with Gasteiger partial charge in [0.1, 0.15) is 17.3 Å². The summed E-state index contributed by atoms with van der Waals surface area (Å²) < 4.78 is 23.1. The number of phenols is 1. The molecule has 0 radical (unpaired) electrons. The Morgan fingerprint density at radius 2 is 1.90 bits per heavy atom. The van der Waals surface area contributed by atoms with E-state index in [1.54, 1.807) is 24.3 Å². The van der Waals surface area contributed by atoms with Crippen molar-refractivity contribution in [3.8, 4) is 34.3 Å². The van der Waals surface area contributed by atoms with Gasteiger partial charge in [0, 0.05) is 5.56 Å². The highest BCUT2D eigenvalue weighted by Crippen LogP contribution is 2.32. The summed E-state index contributed by atoms with van der Waals surface area (Å²) in [5.41, 5.74) is 0.990. The molecule has 0 spiro atoms. The van der Waals surface area contributed by atoms with E-state index in [0.717, 1.165) is 0 Å². The van der Waals surface area contributed by atoms with E-state index in [9.17, 15) is 9.50 Å². The van der Waals surface area contributed by atoms with Crippen molar-refractivity contribution in [1.29, 1.82) is 0 Å². The van der Waals surface area contributed by atoms with Gasteiger partial charge in [-0.25, -0.2) is 4.39 Å². The first-order valence-electron chi connectivity index (χ1n) is 6.14. The van der Waals surface area contributed by atoms with Gasteiger partial charge >= 0.3 is 0 Å². The third kappa shape index (κ3) is 2.55. The van der Waals surface area contributed by atoms with Gasteiger partial charge < -0.3 is 14.4 Å². The van der Waals surface area contributed by atoms with Crippen LogP contribution in [0.3, 0.4) is 0 Å². The first-order valence-corrected chi connectivity index (χ1v) is 6.14. The van der Waals surface area contributed by atoms with Crippen molar-refractivity contribution >= 4 is 0 Å². The Morgan fingerprint density at radius 3 is 2.62 bits per heavy atom. The number of nitrogens with zero attached hydrogens (tertiary/aromatic N) is 2. The van der Waals surface area contributed by atoms with Crippen LogP contribution in [0.5, 0.6) is 11.5 Å². The number of rotatable bonds is 3. The second-order valence-corrected chi connectivity index (χ2v) is 4.31. The largest absolute Gasteiger partial charge is 0.507 e. The Labute approximate surface area is 119 Å². The van der Waals surface area contributed by atoms with Crippen LogP contribution in [0, 0.1) is 5.82 Å². The van der Waals surface area contributed by atoms with Gasteiger partial charge in [0.05, 0.1) is 12.7 Å². The molecule has 0 saturated heterocycles. The van der Waals surface area contributed by atoms with Crippen molar-refractivity contribution in [2.75, 3.05) is 7.11 Å². The molecule has 5 nitrogen and oxygen atoms in total. The molecule has 0 saturated carbocycles. The predicted molar refractivity (Wildman–Crippen MR) is 73.3 cm³/mol. The van der Waals surface area contributed by atoms with Crippen LogP contribution in [-0.2, 0) is 0 Å². The predicted octanol–water partition coefficient (Wildman–Crippen LogP) is 3.26. The Balaban J connectivity index is 2.00. The first-order chi connectivity index (χ1) is 10.2. The maximum atomic E-state index is 12.9. The van der Waals surface area contributed by atoms with Gasteiger partial charge in [-0.15, -0.1) is 0 Å². The number of methoxy groups -OCH3 is 1. The van der Waals surface area contributed by atoms with Crippen molar-refractivity contribution in [2.24, 2.45) is 0 Å². The lowest BCUT2D eigenvalue weighted by atomic mass is 10.2. The van der Waals surface area contributed by atoms with Gasteiger partial charge in [0.2, 0.25) is 5.82 Å². The fraction of sp³-hybridized carbons (Fsp3) is 0.0667. The molecule has 1 heterocycles. The summed E-state index contributed by atoms with van der Waals surface area (Å²) in [6.45, 7) is 0. The number of ether oxygens (including phenoxy) is 1. The van der Waals surface area contributed by atoms with Crippen molar-refractivity contribution in [2.45, 2.75) is 0 Å². The number of halogens is 1. The molecule has 3 aromatic rings. The van der Waals surface area contributed by atoms with E-state index in [-0.39, 0.29) is 17.5 Å². The van der Waals surface area contributed by atoms with E-state index in [4.69, 9.17) is 9.26 Å². The first kappa shape index (κ1) is 13.1. The zero-order chi connectivity index (χ0) is 14.8. The highest BCUT2D eigenvalue weighted by atomic mass is 19.1. The zero-order valence-electron chi connectivity index (χ0n) is 11.1. The van der Waals surface area contributed by atoms with E-state index >= 15 is 0 Å². The van der Waals surface area contributed by atoms with Crippen molar-refractivity contribution in [3.63, 3.8) is 0 Å². The SMILES string of the molecule is COc1ccc(O)c(-c2nc(-c3ccc(F)cc3)no2)c1. The topological polar surface area (TPSA) is 68.4 Å². The molecular weight excluding hydrogens is 275 g/mol. The third-order valence-corrected chi connectivity index (χ3v) is 2.96. The van der Waals surface area contributed by atoms with Crippen LogP contribution in [0.1, 0.15) is 0 Å². The quantitative estimate of drug-likeness (QED) is 0.800. The summed E-state index contributed by atoms with van der Waals surface area (Å²) in [5.74, 6) is 0.695. The number of phenolic OH excluding ortho intramolecular Hbond substituents is 1. The minimum absolute atomic E-state index is 0.00473. The number of aromatic hydroxyl groups is 1. The molecule has 0 aliphatic rings. The monoisotopic (exact) mass is 286 g/mol. The summed E-state index contributed by atoms with van der Waals surface area (Å²) in [6.07, 6.45) is 0. The number of benzene rings is 2. The molecule has 106 valence electrons. The molecule has 0 aliphatic heterocycles. The Bertz CT molecular complexity index is 769. The summed E-state index contributed by atoms with van der Waals surface area (Å²) in [7, 11) is 1.52. The summed E-state index contributed by atoms with van der Waals surface area (Å²) in [4.78, 5) is 4.20. The Hall–Kier alpha value is -2.89. The van der Waals surface area contributed by atoms with Gasteiger partial charge in [-0.05, 0) is 42.5 Å². The lowest BCUT2D eigenvalue weighted by Crippen LogP contribution is -1.85. The molecule has 6 heteroatoms. The normalized spacial score (nSPS) is 10.6. The third-order valence-electron chi connectivity index (χ3n) is 2.96. The van der Waals surface area contributed by atoms with Crippen LogP contribution in [0.2, 0.25) is 0 Å². The lowest BCUT2D eigenvalue weighted by molar-refractivity contribution is 0.408. The van der Waals surface area contributed by atoms with Gasteiger partial charge in [-0.2, -0.15) is 4.98 Å². The molecule has 21 heavy (non-hydrogen) atoms. The molecule has 0 amide bonds. The fourth-order valence-corrected chi connectivity index (χ4v) is 1.86. The van der Waals surface area contributed by atoms with Crippen LogP contribution in [0.25, 0.3) is 22.8 Å². The summed E-state index contributed by atoms with van der Waals surface area (Å²) in [5, 5.41) is 13.7. The minimum Gasteiger partial charge on any atom is -0.507 e. The molecule has 1 N–H and O–H groups in total. The zero-order valence-corrected chi connectivity index (χ0v) is 11.1. The van der Waals surface area contributed by atoms with E-state index in [0.29, 0.717) is 22.7 Å². The number of hydrogen-bond donors (Lipinski definition) is 1. The number of hydrogen-bond acceptors (Lipinski definition) is 5. The molecule has 0 atom stereocenters. The second-order valence-electron chi connectivity index (χ2n) is 4.31. The van der Waals surface area contributed by atoms with Crippen LogP contribution < -0.4 is 4.74 Å². The van der Waals surface area contributed by atoms with Crippen molar-refractivity contribution < 1.29 is 18.8 Å². The summed E-state index contributed by atoms with van der Waals surface area (Å²) in [6, 6.07) is 10.4. The van der Waals surface area contributed by atoms with E-state index in [2.05, 4.69) is 10.1 Å². The fourth-order valence-electron chi connectivity index (χ4n) is 1.86. The van der Waals surface area contributed by atoms with Crippen LogP contribution in [-0.4, -0.2) is 22.4 Å². The van der Waals surface area contributed by atoms with Crippen LogP contribution in [0.15, 0.2) is 47.0 Å². The molecule has 0 fully saturated rings. The maximum absolute atomic E-state index is 12.9. The Morgan fingerprint density at radius 1 is 1.14 bits per heavy atom. The van der Waals surface area contributed by atoms with E-state index in [1.807, 2.05) is 0 Å². The van der Waals surface area contributed by atoms with Gasteiger partial charge in [-0.3, -0.25) is 0 Å². The minimum atomic E-state index is -0.340. The second kappa shape index (κ2) is 5.24. The molecular formula is C15H11FN2O3. The smallest absolute Gasteiger partial charge is 0.262 e. The Kier molecular flexibility index (Phi) is 3.27. The van der Waals surface area contributed by atoms with Crippen molar-refractivity contribution in [1.82, 2.24) is 10.1 Å². The molecule has 2 aromatic carbocycles. The molecule has 0 unspecified atom stereocenters. The van der Waals surface area contributed by atoms with Crippen LogP contribution in [0.4, 0.5) is 4.39 Å². The number of aromatic nitrogens is 2.